The van der Waals surface area contributed by atoms with E-state index in [1.807, 2.05) is 36.4 Å². The van der Waals surface area contributed by atoms with Crippen molar-refractivity contribution in [3.63, 3.8) is 0 Å². The zero-order chi connectivity index (χ0) is 36.6. The minimum atomic E-state index is 0.590. The molecule has 0 spiro atoms. The summed E-state index contributed by atoms with van der Waals surface area (Å²) in [5, 5.41) is 1.95. The lowest BCUT2D eigenvalue weighted by Crippen LogP contribution is -1.94. The van der Waals surface area contributed by atoms with E-state index in [-0.39, 0.29) is 0 Å². The molecule has 3 heteroatoms. The Bertz CT molecular complexity index is 2890. The van der Waals surface area contributed by atoms with Crippen molar-refractivity contribution in [2.45, 2.75) is 0 Å². The van der Waals surface area contributed by atoms with Gasteiger partial charge in [-0.1, -0.05) is 170 Å². The molecular formula is C52H34N2O. The van der Waals surface area contributed by atoms with Crippen LogP contribution in [0.3, 0.4) is 0 Å². The van der Waals surface area contributed by atoms with E-state index in [0.29, 0.717) is 11.5 Å². The SMILES string of the molecule is c1ccc(-c2cc(-c3ccccc3)cc(-c3cccc(-c4cccc(-c5ccc(-c6nc(-c7ccccc7)c7c(n6)oc6ccccc67)cc5)c4)c3)c2)cc1. The van der Waals surface area contributed by atoms with Gasteiger partial charge in [0.1, 0.15) is 5.58 Å². The van der Waals surface area contributed by atoms with Crippen LogP contribution in [0.5, 0.6) is 0 Å². The van der Waals surface area contributed by atoms with Crippen LogP contribution in [0.1, 0.15) is 0 Å². The Morgan fingerprint density at radius 2 is 0.691 bits per heavy atom. The number of benzene rings is 8. The van der Waals surface area contributed by atoms with E-state index in [1.165, 1.54) is 38.9 Å². The molecule has 3 nitrogen and oxygen atoms in total. The van der Waals surface area contributed by atoms with Gasteiger partial charge in [0.25, 0.3) is 0 Å². The van der Waals surface area contributed by atoms with Crippen LogP contribution < -0.4 is 0 Å². The number of rotatable bonds is 7. The van der Waals surface area contributed by atoms with Crippen LogP contribution >= 0.6 is 0 Å². The van der Waals surface area contributed by atoms with Crippen LogP contribution in [0.2, 0.25) is 0 Å². The average molecular weight is 703 g/mol. The molecule has 0 radical (unpaired) electrons. The first-order valence-corrected chi connectivity index (χ1v) is 18.6. The van der Waals surface area contributed by atoms with Gasteiger partial charge in [-0.25, -0.2) is 4.98 Å². The highest BCUT2D eigenvalue weighted by Crippen LogP contribution is 2.38. The Labute approximate surface area is 319 Å². The van der Waals surface area contributed by atoms with Gasteiger partial charge < -0.3 is 4.42 Å². The Hall–Kier alpha value is -7.36. The molecule has 258 valence electrons. The Balaban J connectivity index is 0.989. The number of furan rings is 1. The van der Waals surface area contributed by atoms with Gasteiger partial charge >= 0.3 is 0 Å². The van der Waals surface area contributed by atoms with Crippen LogP contribution in [0.4, 0.5) is 0 Å². The molecule has 0 aliphatic rings. The summed E-state index contributed by atoms with van der Waals surface area (Å²) < 4.78 is 6.26. The second-order valence-electron chi connectivity index (χ2n) is 13.8. The molecule has 0 bridgehead atoms. The third-order valence-electron chi connectivity index (χ3n) is 10.3. The van der Waals surface area contributed by atoms with Crippen LogP contribution in [-0.2, 0) is 0 Å². The molecule has 0 saturated heterocycles. The van der Waals surface area contributed by atoms with E-state index in [4.69, 9.17) is 14.4 Å². The van der Waals surface area contributed by atoms with Crippen LogP contribution in [0, 0.1) is 0 Å². The summed E-state index contributed by atoms with van der Waals surface area (Å²) in [7, 11) is 0. The van der Waals surface area contributed by atoms with Crippen molar-refractivity contribution in [1.82, 2.24) is 9.97 Å². The van der Waals surface area contributed by atoms with Gasteiger partial charge in [-0.2, -0.15) is 4.98 Å². The van der Waals surface area contributed by atoms with Gasteiger partial charge in [-0.15, -0.1) is 0 Å². The van der Waals surface area contributed by atoms with Gasteiger partial charge in [0.15, 0.2) is 5.82 Å². The summed E-state index contributed by atoms with van der Waals surface area (Å²) in [5.41, 5.74) is 16.0. The van der Waals surface area contributed by atoms with E-state index in [2.05, 4.69) is 170 Å². The molecule has 8 aromatic carbocycles. The molecular weight excluding hydrogens is 669 g/mol. The predicted molar refractivity (Wildman–Crippen MR) is 227 cm³/mol. The van der Waals surface area contributed by atoms with E-state index < -0.39 is 0 Å². The number of hydrogen-bond donors (Lipinski definition) is 0. The quantitative estimate of drug-likeness (QED) is 0.166. The Morgan fingerprint density at radius 1 is 0.291 bits per heavy atom. The van der Waals surface area contributed by atoms with Crippen LogP contribution in [0.25, 0.3) is 100 Å². The van der Waals surface area contributed by atoms with Gasteiger partial charge in [0.05, 0.1) is 11.1 Å². The van der Waals surface area contributed by atoms with Crippen molar-refractivity contribution in [1.29, 1.82) is 0 Å². The summed E-state index contributed by atoms with van der Waals surface area (Å²) >= 11 is 0. The molecule has 0 fully saturated rings. The lowest BCUT2D eigenvalue weighted by Gasteiger charge is -2.13. The molecule has 0 saturated carbocycles. The van der Waals surface area contributed by atoms with Crippen molar-refractivity contribution in [2.24, 2.45) is 0 Å². The molecule has 0 aliphatic heterocycles. The number of nitrogens with zero attached hydrogens (tertiary/aromatic N) is 2. The largest absolute Gasteiger partial charge is 0.438 e. The first-order chi connectivity index (χ1) is 27.2. The average Bonchev–Trinajstić information content (AvgIpc) is 3.66. The third-order valence-corrected chi connectivity index (χ3v) is 10.3. The highest BCUT2D eigenvalue weighted by atomic mass is 16.3. The first-order valence-electron chi connectivity index (χ1n) is 18.6. The topological polar surface area (TPSA) is 38.9 Å². The zero-order valence-corrected chi connectivity index (χ0v) is 29.9. The summed E-state index contributed by atoms with van der Waals surface area (Å²) in [6.45, 7) is 0. The van der Waals surface area contributed by atoms with Crippen LogP contribution in [0.15, 0.2) is 211 Å². The molecule has 0 unspecified atom stereocenters. The van der Waals surface area contributed by atoms with Crippen LogP contribution in [-0.4, -0.2) is 9.97 Å². The monoisotopic (exact) mass is 702 g/mol. The maximum atomic E-state index is 6.26. The summed E-state index contributed by atoms with van der Waals surface area (Å²) in [5.74, 6) is 0.634. The van der Waals surface area contributed by atoms with Gasteiger partial charge in [-0.3, -0.25) is 0 Å². The van der Waals surface area contributed by atoms with Crippen molar-refractivity contribution in [3.8, 4) is 78.3 Å². The fourth-order valence-electron chi connectivity index (χ4n) is 7.51. The van der Waals surface area contributed by atoms with Crippen molar-refractivity contribution >= 4 is 22.1 Å². The molecule has 0 atom stereocenters. The van der Waals surface area contributed by atoms with Crippen molar-refractivity contribution in [2.75, 3.05) is 0 Å². The molecule has 2 heterocycles. The van der Waals surface area contributed by atoms with E-state index in [9.17, 15) is 0 Å². The first kappa shape index (κ1) is 32.3. The van der Waals surface area contributed by atoms with E-state index >= 15 is 0 Å². The number of aromatic nitrogens is 2. The number of para-hydroxylation sites is 1. The van der Waals surface area contributed by atoms with Gasteiger partial charge in [-0.05, 0) is 92.0 Å². The zero-order valence-electron chi connectivity index (χ0n) is 29.9. The second-order valence-corrected chi connectivity index (χ2v) is 13.8. The van der Waals surface area contributed by atoms with E-state index in [1.54, 1.807) is 0 Å². The second kappa shape index (κ2) is 13.9. The third kappa shape index (κ3) is 6.28. The van der Waals surface area contributed by atoms with Gasteiger partial charge in [0, 0.05) is 16.5 Å². The number of fused-ring (bicyclic) bond motifs is 3. The highest BCUT2D eigenvalue weighted by molar-refractivity contribution is 6.10. The fraction of sp³-hybridized carbons (Fsp3) is 0. The summed E-state index contributed by atoms with van der Waals surface area (Å²) in [6, 6.07) is 72.6. The fourth-order valence-corrected chi connectivity index (χ4v) is 7.51. The van der Waals surface area contributed by atoms with E-state index in [0.717, 1.165) is 49.9 Å². The molecule has 55 heavy (non-hydrogen) atoms. The minimum Gasteiger partial charge on any atom is -0.438 e. The minimum absolute atomic E-state index is 0.590. The smallest absolute Gasteiger partial charge is 0.231 e. The van der Waals surface area contributed by atoms with Crippen molar-refractivity contribution in [3.05, 3.63) is 206 Å². The summed E-state index contributed by atoms with van der Waals surface area (Å²) in [4.78, 5) is 10.1. The lowest BCUT2D eigenvalue weighted by atomic mass is 9.92. The van der Waals surface area contributed by atoms with Gasteiger partial charge in [0.2, 0.25) is 5.71 Å². The van der Waals surface area contributed by atoms with Crippen molar-refractivity contribution < 1.29 is 4.42 Å². The molecule has 10 rings (SSSR count). The Morgan fingerprint density at radius 3 is 1.27 bits per heavy atom. The maximum Gasteiger partial charge on any atom is 0.231 e. The molecule has 2 aromatic heterocycles. The maximum absolute atomic E-state index is 6.26. The molecule has 0 N–H and O–H groups in total. The molecule has 10 aromatic rings. The lowest BCUT2D eigenvalue weighted by molar-refractivity contribution is 0.653. The standard InChI is InChI=1S/C52H34N2O/c1-4-14-35(15-5-1)44-32-45(36-16-6-2-7-17-36)34-46(33-44)43-23-13-22-42(31-43)41-21-12-20-40(30-41)37-26-28-39(29-27-37)51-53-50(38-18-8-3-9-19-38)49-47-24-10-11-25-48(47)55-52(49)54-51/h1-34H. The number of hydrogen-bond acceptors (Lipinski definition) is 3. The summed E-state index contributed by atoms with van der Waals surface area (Å²) in [6.07, 6.45) is 0. The molecule has 0 amide bonds. The predicted octanol–water partition coefficient (Wildman–Crippen LogP) is 14.0. The molecule has 0 aliphatic carbocycles. The normalized spacial score (nSPS) is 11.3. The Kier molecular flexibility index (Phi) is 8.16. The highest BCUT2D eigenvalue weighted by Gasteiger charge is 2.18.